The van der Waals surface area contributed by atoms with Gasteiger partial charge in [-0.05, 0) is 26.8 Å². The average molecular weight is 190 g/mol. The molecule has 1 aliphatic rings. The topological polar surface area (TPSA) is 26.3 Å². The number of benzene rings is 1. The second-order valence-corrected chi connectivity index (χ2v) is 4.38. The minimum atomic E-state index is -0.173. The molecule has 74 valence electrons. The lowest BCUT2D eigenvalue weighted by Crippen LogP contribution is -2.24. The molecule has 0 unspecified atom stereocenters. The molecule has 14 heavy (non-hydrogen) atoms. The summed E-state index contributed by atoms with van der Waals surface area (Å²) in [5.74, 6) is 0.978. The molecule has 2 rings (SSSR count). The molecule has 1 heterocycles. The largest absolute Gasteiger partial charge is 0.487 e. The Balaban J connectivity index is 2.52. The Labute approximate surface area is 83.9 Å². The molecule has 0 spiro atoms. The van der Waals surface area contributed by atoms with Crippen molar-refractivity contribution in [3.05, 3.63) is 29.3 Å². The van der Waals surface area contributed by atoms with Gasteiger partial charge < -0.3 is 4.74 Å². The van der Waals surface area contributed by atoms with Gasteiger partial charge in [0, 0.05) is 17.5 Å². The quantitative estimate of drug-likeness (QED) is 0.636. The van der Waals surface area contributed by atoms with Crippen LogP contribution < -0.4 is 4.74 Å². The Hall–Kier alpha value is -1.31. The zero-order valence-electron chi connectivity index (χ0n) is 8.76. The van der Waals surface area contributed by atoms with Crippen LogP contribution in [0.4, 0.5) is 0 Å². The van der Waals surface area contributed by atoms with E-state index in [1.165, 1.54) is 0 Å². The van der Waals surface area contributed by atoms with Crippen molar-refractivity contribution in [3.8, 4) is 5.75 Å². The van der Waals surface area contributed by atoms with Crippen LogP contribution in [0, 0.1) is 0 Å². The fraction of sp³-hybridized carbons (Fsp3) is 0.417. The molecule has 0 saturated carbocycles. The molecular formula is C12H14O2. The van der Waals surface area contributed by atoms with Crippen LogP contribution in [0.25, 0.3) is 0 Å². The van der Waals surface area contributed by atoms with Gasteiger partial charge in [0.05, 0.1) is 0 Å². The van der Waals surface area contributed by atoms with E-state index in [0.29, 0.717) is 0 Å². The first-order chi connectivity index (χ1) is 6.49. The lowest BCUT2D eigenvalue weighted by Gasteiger charge is -2.16. The van der Waals surface area contributed by atoms with Crippen LogP contribution in [0.2, 0.25) is 0 Å². The van der Waals surface area contributed by atoms with Gasteiger partial charge in [0.1, 0.15) is 11.4 Å². The normalized spacial score (nSPS) is 17.4. The first-order valence-corrected chi connectivity index (χ1v) is 4.81. The summed E-state index contributed by atoms with van der Waals surface area (Å²) in [5.41, 5.74) is 1.69. The highest BCUT2D eigenvalue weighted by atomic mass is 16.5. The SMILES string of the molecule is CC(=O)c1cccc2c1CC(C)(C)O2. The summed E-state index contributed by atoms with van der Waals surface area (Å²) >= 11 is 0. The number of carbonyl (C=O) groups excluding carboxylic acids is 1. The number of Topliss-reactive ketones (excluding diaryl/α,β-unsaturated/α-hetero) is 1. The monoisotopic (exact) mass is 190 g/mol. The number of hydrogen-bond donors (Lipinski definition) is 0. The molecule has 0 radical (unpaired) electrons. The summed E-state index contributed by atoms with van der Waals surface area (Å²) in [5, 5.41) is 0. The van der Waals surface area contributed by atoms with E-state index < -0.39 is 0 Å². The van der Waals surface area contributed by atoms with Gasteiger partial charge in [-0.3, -0.25) is 4.79 Å². The maximum Gasteiger partial charge on any atom is 0.160 e. The van der Waals surface area contributed by atoms with E-state index in [4.69, 9.17) is 4.74 Å². The molecule has 0 fully saturated rings. The highest BCUT2D eigenvalue weighted by molar-refractivity contribution is 5.96. The number of carbonyl (C=O) groups is 1. The van der Waals surface area contributed by atoms with Gasteiger partial charge in [0.2, 0.25) is 0 Å². The highest BCUT2D eigenvalue weighted by Crippen LogP contribution is 2.36. The standard InChI is InChI=1S/C12H14O2/c1-8(13)9-5-4-6-11-10(9)7-12(2,3)14-11/h4-6H,7H2,1-3H3. The van der Waals surface area contributed by atoms with Crippen molar-refractivity contribution in [2.75, 3.05) is 0 Å². The first kappa shape index (κ1) is 9.25. The van der Waals surface area contributed by atoms with E-state index in [2.05, 4.69) is 0 Å². The van der Waals surface area contributed by atoms with Gasteiger partial charge in [-0.1, -0.05) is 12.1 Å². The van der Waals surface area contributed by atoms with Crippen molar-refractivity contribution in [2.24, 2.45) is 0 Å². The van der Waals surface area contributed by atoms with Gasteiger partial charge >= 0.3 is 0 Å². The van der Waals surface area contributed by atoms with Crippen molar-refractivity contribution >= 4 is 5.78 Å². The van der Waals surface area contributed by atoms with Crippen LogP contribution in [0.15, 0.2) is 18.2 Å². The number of ketones is 1. The summed E-state index contributed by atoms with van der Waals surface area (Å²) in [6, 6.07) is 5.67. The number of hydrogen-bond acceptors (Lipinski definition) is 2. The third-order valence-corrected chi connectivity index (χ3v) is 2.50. The Bertz CT molecular complexity index is 391. The second kappa shape index (κ2) is 2.84. The summed E-state index contributed by atoms with van der Waals surface area (Å²) in [6.07, 6.45) is 0.818. The van der Waals surface area contributed by atoms with E-state index in [-0.39, 0.29) is 11.4 Å². The van der Waals surface area contributed by atoms with Gasteiger partial charge in [0.15, 0.2) is 5.78 Å². The molecule has 1 aromatic rings. The summed E-state index contributed by atoms with van der Waals surface area (Å²) < 4.78 is 5.73. The van der Waals surface area contributed by atoms with Crippen molar-refractivity contribution < 1.29 is 9.53 Å². The van der Waals surface area contributed by atoms with Gasteiger partial charge in [0.25, 0.3) is 0 Å². The van der Waals surface area contributed by atoms with E-state index >= 15 is 0 Å². The number of rotatable bonds is 1. The van der Waals surface area contributed by atoms with Crippen molar-refractivity contribution in [2.45, 2.75) is 32.8 Å². The van der Waals surface area contributed by atoms with Crippen LogP contribution >= 0.6 is 0 Å². The van der Waals surface area contributed by atoms with Gasteiger partial charge in [-0.2, -0.15) is 0 Å². The molecule has 0 aromatic heterocycles. The van der Waals surface area contributed by atoms with Crippen LogP contribution in [-0.4, -0.2) is 11.4 Å². The predicted octanol–water partition coefficient (Wildman–Crippen LogP) is 2.60. The lowest BCUT2D eigenvalue weighted by molar-refractivity contribution is 0.101. The molecule has 0 saturated heterocycles. The molecule has 1 aromatic carbocycles. The molecular weight excluding hydrogens is 176 g/mol. The molecule has 2 heteroatoms. The third kappa shape index (κ3) is 1.41. The van der Waals surface area contributed by atoms with Crippen molar-refractivity contribution in [3.63, 3.8) is 0 Å². The molecule has 0 atom stereocenters. The zero-order valence-corrected chi connectivity index (χ0v) is 8.76. The molecule has 0 amide bonds. The summed E-state index contributed by atoms with van der Waals surface area (Å²) in [6.45, 7) is 5.68. The maximum atomic E-state index is 11.4. The van der Waals surface area contributed by atoms with E-state index in [1.54, 1.807) is 6.92 Å². The lowest BCUT2D eigenvalue weighted by atomic mass is 9.96. The molecule has 0 bridgehead atoms. The van der Waals surface area contributed by atoms with Crippen molar-refractivity contribution in [1.82, 2.24) is 0 Å². The second-order valence-electron chi connectivity index (χ2n) is 4.38. The average Bonchev–Trinajstić information content (AvgIpc) is 2.36. The van der Waals surface area contributed by atoms with E-state index in [9.17, 15) is 4.79 Å². The highest BCUT2D eigenvalue weighted by Gasteiger charge is 2.32. The van der Waals surface area contributed by atoms with Gasteiger partial charge in [-0.25, -0.2) is 0 Å². The fourth-order valence-corrected chi connectivity index (χ4v) is 1.93. The van der Waals surface area contributed by atoms with Crippen LogP contribution in [-0.2, 0) is 6.42 Å². The minimum Gasteiger partial charge on any atom is -0.487 e. The maximum absolute atomic E-state index is 11.4. The third-order valence-electron chi connectivity index (χ3n) is 2.50. The predicted molar refractivity (Wildman–Crippen MR) is 54.9 cm³/mol. The smallest absolute Gasteiger partial charge is 0.160 e. The fourth-order valence-electron chi connectivity index (χ4n) is 1.93. The Morgan fingerprint density at radius 1 is 1.43 bits per heavy atom. The van der Waals surface area contributed by atoms with Crippen LogP contribution in [0.1, 0.15) is 36.7 Å². The number of fused-ring (bicyclic) bond motifs is 1. The minimum absolute atomic E-state index is 0.114. The Morgan fingerprint density at radius 2 is 2.14 bits per heavy atom. The number of ether oxygens (including phenoxy) is 1. The van der Waals surface area contributed by atoms with Crippen LogP contribution in [0.3, 0.4) is 0 Å². The Kier molecular flexibility index (Phi) is 1.88. The Morgan fingerprint density at radius 3 is 2.79 bits per heavy atom. The van der Waals surface area contributed by atoms with E-state index in [1.807, 2.05) is 32.0 Å². The van der Waals surface area contributed by atoms with E-state index in [0.717, 1.165) is 23.3 Å². The first-order valence-electron chi connectivity index (χ1n) is 4.81. The summed E-state index contributed by atoms with van der Waals surface area (Å²) in [4.78, 5) is 11.4. The molecule has 0 N–H and O–H groups in total. The molecule has 1 aliphatic heterocycles. The molecule has 2 nitrogen and oxygen atoms in total. The zero-order chi connectivity index (χ0) is 10.3. The molecule has 0 aliphatic carbocycles. The van der Waals surface area contributed by atoms with Crippen LogP contribution in [0.5, 0.6) is 5.75 Å². The van der Waals surface area contributed by atoms with Gasteiger partial charge in [-0.15, -0.1) is 0 Å². The van der Waals surface area contributed by atoms with Crippen molar-refractivity contribution in [1.29, 1.82) is 0 Å². The summed E-state index contributed by atoms with van der Waals surface area (Å²) in [7, 11) is 0.